The van der Waals surface area contributed by atoms with Crippen molar-refractivity contribution < 1.29 is 23.8 Å². The molecule has 4 aromatic rings. The Morgan fingerprint density at radius 1 is 1.11 bits per heavy atom. The topological polar surface area (TPSA) is 142 Å². The van der Waals surface area contributed by atoms with E-state index in [0.717, 1.165) is 46.5 Å². The Hall–Kier alpha value is -5.08. The van der Waals surface area contributed by atoms with Gasteiger partial charge in [-0.1, -0.05) is 24.3 Å². The third-order valence-corrected chi connectivity index (χ3v) is 7.51. The molecule has 2 atom stereocenters. The highest BCUT2D eigenvalue weighted by atomic mass is 16.6. The van der Waals surface area contributed by atoms with Crippen LogP contribution in [0.15, 0.2) is 67.0 Å². The number of aromatic amines is 1. The smallest absolute Gasteiger partial charge is 0.407 e. The molecule has 11 heteroatoms. The lowest BCUT2D eigenvalue weighted by atomic mass is 9.98. The highest BCUT2D eigenvalue weighted by Gasteiger charge is 2.29. The quantitative estimate of drug-likeness (QED) is 0.216. The van der Waals surface area contributed by atoms with Crippen LogP contribution in [-0.4, -0.2) is 73.1 Å². The SMILES string of the molecule is COC(=O)c1cc(-c2ccc(N3CCOCC3)nc2)ccc1NC(C#N)[C@H](Cc1c[nH]c2ccccc12)NC(=O)OC(C)(C)C. The average Bonchev–Trinajstić information content (AvgIpc) is 3.45. The van der Waals surface area contributed by atoms with Gasteiger partial charge in [0.05, 0.1) is 38.0 Å². The molecular weight excluding hydrogens is 572 g/mol. The minimum Gasteiger partial charge on any atom is -0.465 e. The van der Waals surface area contributed by atoms with Crippen LogP contribution < -0.4 is 15.5 Å². The maximum atomic E-state index is 13.0. The number of methoxy groups -OCH3 is 1. The summed E-state index contributed by atoms with van der Waals surface area (Å²) in [6.45, 7) is 8.22. The first kappa shape index (κ1) is 31.3. The molecule has 3 heterocycles. The molecule has 1 saturated heterocycles. The molecule has 0 spiro atoms. The van der Waals surface area contributed by atoms with Gasteiger partial charge in [-0.05, 0) is 68.7 Å². The number of benzene rings is 2. The molecule has 1 fully saturated rings. The molecule has 45 heavy (non-hydrogen) atoms. The van der Waals surface area contributed by atoms with Crippen LogP contribution in [-0.2, 0) is 20.6 Å². The summed E-state index contributed by atoms with van der Waals surface area (Å²) < 4.78 is 16.1. The largest absolute Gasteiger partial charge is 0.465 e. The third-order valence-electron chi connectivity index (χ3n) is 7.51. The number of amides is 1. The molecule has 0 saturated carbocycles. The van der Waals surface area contributed by atoms with Crippen molar-refractivity contribution >= 4 is 34.5 Å². The number of para-hydroxylation sites is 1. The molecule has 5 rings (SSSR count). The zero-order valence-corrected chi connectivity index (χ0v) is 25.9. The van der Waals surface area contributed by atoms with Crippen molar-refractivity contribution in [3.8, 4) is 17.2 Å². The zero-order chi connectivity index (χ0) is 32.0. The van der Waals surface area contributed by atoms with Crippen molar-refractivity contribution in [2.24, 2.45) is 0 Å². The van der Waals surface area contributed by atoms with Gasteiger partial charge in [0.1, 0.15) is 17.5 Å². The normalized spacial score (nSPS) is 14.7. The number of nitriles is 1. The van der Waals surface area contributed by atoms with Crippen LogP contribution >= 0.6 is 0 Å². The predicted molar refractivity (Wildman–Crippen MR) is 172 cm³/mol. The molecule has 2 aromatic carbocycles. The summed E-state index contributed by atoms with van der Waals surface area (Å²) in [5.41, 5.74) is 3.36. The predicted octanol–water partition coefficient (Wildman–Crippen LogP) is 5.29. The van der Waals surface area contributed by atoms with Crippen LogP contribution in [0.25, 0.3) is 22.0 Å². The van der Waals surface area contributed by atoms with Crippen molar-refractivity contribution in [1.29, 1.82) is 5.26 Å². The van der Waals surface area contributed by atoms with Crippen molar-refractivity contribution in [2.75, 3.05) is 43.6 Å². The summed E-state index contributed by atoms with van der Waals surface area (Å²) >= 11 is 0. The van der Waals surface area contributed by atoms with Crippen molar-refractivity contribution in [3.05, 3.63) is 78.1 Å². The van der Waals surface area contributed by atoms with Crippen LogP contribution in [0.2, 0.25) is 0 Å². The Labute approximate surface area is 262 Å². The van der Waals surface area contributed by atoms with Gasteiger partial charge in [-0.3, -0.25) is 0 Å². The second-order valence-corrected chi connectivity index (χ2v) is 11.8. The average molecular weight is 611 g/mol. The van der Waals surface area contributed by atoms with E-state index in [1.165, 1.54) is 7.11 Å². The zero-order valence-electron chi connectivity index (χ0n) is 25.9. The van der Waals surface area contributed by atoms with Gasteiger partial charge in [-0.25, -0.2) is 14.6 Å². The van der Waals surface area contributed by atoms with Gasteiger partial charge in [0.25, 0.3) is 0 Å². The second kappa shape index (κ2) is 13.7. The highest BCUT2D eigenvalue weighted by Crippen LogP contribution is 2.28. The van der Waals surface area contributed by atoms with Crippen LogP contribution in [0.5, 0.6) is 0 Å². The molecule has 1 aliphatic heterocycles. The summed E-state index contributed by atoms with van der Waals surface area (Å²) in [5.74, 6) is 0.298. The number of ether oxygens (including phenoxy) is 3. The maximum Gasteiger partial charge on any atom is 0.407 e. The van der Waals surface area contributed by atoms with Crippen LogP contribution in [0, 0.1) is 11.3 Å². The highest BCUT2D eigenvalue weighted by molar-refractivity contribution is 5.97. The van der Waals surface area contributed by atoms with Crippen molar-refractivity contribution in [2.45, 2.75) is 44.9 Å². The fraction of sp³-hybridized carbons (Fsp3) is 0.353. The number of morpholine rings is 1. The second-order valence-electron chi connectivity index (χ2n) is 11.8. The van der Waals surface area contributed by atoms with Gasteiger partial charge in [-0.2, -0.15) is 5.26 Å². The fourth-order valence-corrected chi connectivity index (χ4v) is 5.30. The minimum atomic E-state index is -0.935. The lowest BCUT2D eigenvalue weighted by Crippen LogP contribution is -2.49. The third kappa shape index (κ3) is 7.72. The van der Waals surface area contributed by atoms with E-state index in [1.807, 2.05) is 48.7 Å². The summed E-state index contributed by atoms with van der Waals surface area (Å²) in [6.07, 6.45) is 3.32. The fourth-order valence-electron chi connectivity index (χ4n) is 5.30. The van der Waals surface area contributed by atoms with Crippen molar-refractivity contribution in [3.63, 3.8) is 0 Å². The number of H-pyrrole nitrogens is 1. The van der Waals surface area contributed by atoms with Crippen LogP contribution in [0.3, 0.4) is 0 Å². The number of carbonyl (C=O) groups is 2. The first-order valence-electron chi connectivity index (χ1n) is 14.9. The summed E-state index contributed by atoms with van der Waals surface area (Å²) in [5, 5.41) is 17.4. The minimum absolute atomic E-state index is 0.246. The first-order chi connectivity index (χ1) is 21.6. The van der Waals surface area contributed by atoms with E-state index in [-0.39, 0.29) is 5.56 Å². The monoisotopic (exact) mass is 610 g/mol. The Kier molecular flexibility index (Phi) is 9.54. The number of rotatable bonds is 9. The molecule has 2 aromatic heterocycles. The Morgan fingerprint density at radius 2 is 1.87 bits per heavy atom. The number of aromatic nitrogens is 2. The lowest BCUT2D eigenvalue weighted by molar-refractivity contribution is 0.0501. The van der Waals surface area contributed by atoms with Gasteiger partial charge in [0, 0.05) is 47.6 Å². The number of hydrogen-bond donors (Lipinski definition) is 3. The Morgan fingerprint density at radius 3 is 2.56 bits per heavy atom. The van der Waals surface area contributed by atoms with E-state index >= 15 is 0 Å². The Balaban J connectivity index is 1.42. The van der Waals surface area contributed by atoms with Gasteiger partial charge in [-0.15, -0.1) is 0 Å². The number of nitrogens with zero attached hydrogens (tertiary/aromatic N) is 3. The summed E-state index contributed by atoms with van der Waals surface area (Å²) in [6, 6.07) is 17.7. The molecule has 0 bridgehead atoms. The van der Waals surface area contributed by atoms with Crippen LogP contribution in [0.4, 0.5) is 16.3 Å². The van der Waals surface area contributed by atoms with E-state index in [2.05, 4.69) is 31.6 Å². The molecule has 11 nitrogen and oxygen atoms in total. The molecule has 3 N–H and O–H groups in total. The molecular formula is C34H38N6O5. The number of carbonyl (C=O) groups excluding carboxylic acids is 2. The standard InChI is InChI=1S/C34H38N6O5/c1-34(2,3)45-33(42)39-29(18-24-21-36-27-8-6-5-7-25(24)27)30(19-35)38-28-11-9-22(17-26(28)32(41)43-4)23-10-12-31(37-20-23)40-13-15-44-16-14-40/h5-12,17,20-21,29-30,36,38H,13-16,18H2,1-4H3,(H,39,42)/t29-,30?/m0/s1. The number of fused-ring (bicyclic) bond motifs is 1. The van der Waals surface area contributed by atoms with E-state index < -0.39 is 29.7 Å². The van der Waals surface area contributed by atoms with Gasteiger partial charge in [0.15, 0.2) is 0 Å². The van der Waals surface area contributed by atoms with Gasteiger partial charge < -0.3 is 34.7 Å². The number of hydrogen-bond acceptors (Lipinski definition) is 9. The number of anilines is 2. The molecule has 0 radical (unpaired) electrons. The van der Waals surface area contributed by atoms with E-state index in [9.17, 15) is 14.9 Å². The van der Waals surface area contributed by atoms with Gasteiger partial charge in [0.2, 0.25) is 0 Å². The number of alkyl carbamates (subject to hydrolysis) is 1. The first-order valence-corrected chi connectivity index (χ1v) is 14.9. The molecule has 1 unspecified atom stereocenters. The molecule has 0 aliphatic carbocycles. The number of nitrogens with one attached hydrogen (secondary N) is 3. The Bertz CT molecular complexity index is 1680. The number of pyridine rings is 1. The maximum absolute atomic E-state index is 13.0. The number of esters is 1. The molecule has 1 aliphatic rings. The molecule has 234 valence electrons. The van der Waals surface area contributed by atoms with Crippen molar-refractivity contribution in [1.82, 2.24) is 15.3 Å². The van der Waals surface area contributed by atoms with Gasteiger partial charge >= 0.3 is 12.1 Å². The van der Waals surface area contributed by atoms with Crippen LogP contribution in [0.1, 0.15) is 36.7 Å². The lowest BCUT2D eigenvalue weighted by Gasteiger charge is -2.28. The summed E-state index contributed by atoms with van der Waals surface area (Å²) in [4.78, 5) is 35.9. The van der Waals surface area contributed by atoms with E-state index in [4.69, 9.17) is 14.2 Å². The van der Waals surface area contributed by atoms with E-state index in [0.29, 0.717) is 25.3 Å². The van der Waals surface area contributed by atoms with E-state index in [1.54, 1.807) is 39.1 Å². The summed E-state index contributed by atoms with van der Waals surface area (Å²) in [7, 11) is 1.31. The molecule has 1 amide bonds.